The summed E-state index contributed by atoms with van der Waals surface area (Å²) in [6.45, 7) is 1.68. The Bertz CT molecular complexity index is 520. The van der Waals surface area contributed by atoms with Gasteiger partial charge in [-0.05, 0) is 5.56 Å². The van der Waals surface area contributed by atoms with Gasteiger partial charge < -0.3 is 0 Å². The number of nitriles is 1. The van der Waals surface area contributed by atoms with Crippen LogP contribution in [0.2, 0.25) is 0 Å². The molecule has 2 rings (SSSR count). The lowest BCUT2D eigenvalue weighted by molar-refractivity contribution is 0.290. The molecule has 0 bridgehead atoms. The molecule has 1 aromatic rings. The van der Waals surface area contributed by atoms with Gasteiger partial charge in [0.2, 0.25) is 0 Å². The fourth-order valence-corrected chi connectivity index (χ4v) is 3.37. The molecule has 1 unspecified atom stereocenters. The monoisotopic (exact) mass is 264 g/mol. The van der Waals surface area contributed by atoms with E-state index in [1.165, 1.54) is 0 Å². The first-order valence-corrected chi connectivity index (χ1v) is 7.80. The highest BCUT2D eigenvalue weighted by atomic mass is 32.2. The first kappa shape index (κ1) is 13.1. The summed E-state index contributed by atoms with van der Waals surface area (Å²) in [5, 5.41) is 9.22. The van der Waals surface area contributed by atoms with Gasteiger partial charge >= 0.3 is 0 Å². The minimum Gasteiger partial charge on any atom is -0.300 e. The van der Waals surface area contributed by atoms with Crippen LogP contribution in [0.25, 0.3) is 0 Å². The number of rotatable bonds is 3. The van der Waals surface area contributed by atoms with Crippen LogP contribution in [0.4, 0.5) is 0 Å². The van der Waals surface area contributed by atoms with Crippen LogP contribution in [0.3, 0.4) is 0 Å². The highest BCUT2D eigenvalue weighted by Crippen LogP contribution is 2.17. The molecule has 18 heavy (non-hydrogen) atoms. The van der Waals surface area contributed by atoms with E-state index in [-0.39, 0.29) is 17.4 Å². The second-order valence-electron chi connectivity index (χ2n) is 4.54. The summed E-state index contributed by atoms with van der Waals surface area (Å²) in [6, 6.07) is 11.9. The Morgan fingerprint density at radius 2 is 1.83 bits per heavy atom. The molecule has 1 saturated heterocycles. The lowest BCUT2D eigenvalue weighted by atomic mass is 10.0. The molecule has 1 atom stereocenters. The third-order valence-electron chi connectivity index (χ3n) is 3.24. The first-order valence-electron chi connectivity index (χ1n) is 5.98. The topological polar surface area (TPSA) is 61.2 Å². The molecule has 96 valence electrons. The Balaban J connectivity index is 1.99. The van der Waals surface area contributed by atoms with E-state index in [0.717, 1.165) is 5.56 Å². The van der Waals surface area contributed by atoms with Gasteiger partial charge in [0.25, 0.3) is 0 Å². The summed E-state index contributed by atoms with van der Waals surface area (Å²) in [6.07, 6.45) is 0. The molecule has 0 aliphatic carbocycles. The Morgan fingerprint density at radius 3 is 2.39 bits per heavy atom. The maximum atomic E-state index is 11.3. The molecular weight excluding hydrogens is 248 g/mol. The van der Waals surface area contributed by atoms with Crippen molar-refractivity contribution in [1.29, 1.82) is 5.26 Å². The fourth-order valence-electron chi connectivity index (χ4n) is 2.10. The molecule has 1 heterocycles. The van der Waals surface area contributed by atoms with E-state index in [1.54, 1.807) is 0 Å². The third-order valence-corrected chi connectivity index (χ3v) is 4.84. The maximum Gasteiger partial charge on any atom is 0.152 e. The number of hydrogen-bond donors (Lipinski definition) is 0. The standard InChI is InChI=1S/C13H16N2O2S/c14-10-13(12-4-2-1-3-5-12)11-15-6-8-18(16,17)9-7-15/h1-5,13H,6-9,11H2. The summed E-state index contributed by atoms with van der Waals surface area (Å²) in [7, 11) is -2.85. The Labute approximate surface area is 108 Å². The smallest absolute Gasteiger partial charge is 0.152 e. The van der Waals surface area contributed by atoms with Gasteiger partial charge in [0.1, 0.15) is 0 Å². The van der Waals surface area contributed by atoms with Crippen molar-refractivity contribution in [2.24, 2.45) is 0 Å². The maximum absolute atomic E-state index is 11.3. The summed E-state index contributed by atoms with van der Waals surface area (Å²) in [5.41, 5.74) is 0.994. The molecule has 0 aromatic heterocycles. The third kappa shape index (κ3) is 3.31. The van der Waals surface area contributed by atoms with Gasteiger partial charge in [-0.15, -0.1) is 0 Å². The SMILES string of the molecule is N#CC(CN1CCS(=O)(=O)CC1)c1ccccc1. The van der Waals surface area contributed by atoms with Crippen molar-refractivity contribution in [1.82, 2.24) is 4.90 Å². The predicted octanol–water partition coefficient (Wildman–Crippen LogP) is 1.02. The minimum absolute atomic E-state index is 0.188. The van der Waals surface area contributed by atoms with Crippen molar-refractivity contribution in [2.45, 2.75) is 5.92 Å². The molecule has 0 spiro atoms. The van der Waals surface area contributed by atoms with Gasteiger partial charge in [0.05, 0.1) is 23.5 Å². The van der Waals surface area contributed by atoms with Crippen LogP contribution in [0.1, 0.15) is 11.5 Å². The lowest BCUT2D eigenvalue weighted by Gasteiger charge is -2.28. The second-order valence-corrected chi connectivity index (χ2v) is 6.85. The largest absolute Gasteiger partial charge is 0.300 e. The zero-order valence-corrected chi connectivity index (χ0v) is 10.9. The molecule has 1 fully saturated rings. The molecule has 0 N–H and O–H groups in total. The van der Waals surface area contributed by atoms with E-state index in [1.807, 2.05) is 30.3 Å². The Morgan fingerprint density at radius 1 is 1.22 bits per heavy atom. The molecular formula is C13H16N2O2S. The molecule has 0 radical (unpaired) electrons. The highest BCUT2D eigenvalue weighted by Gasteiger charge is 2.24. The van der Waals surface area contributed by atoms with Crippen LogP contribution < -0.4 is 0 Å². The van der Waals surface area contributed by atoms with E-state index >= 15 is 0 Å². The van der Waals surface area contributed by atoms with Crippen molar-refractivity contribution in [3.05, 3.63) is 35.9 Å². The molecule has 5 heteroatoms. The van der Waals surface area contributed by atoms with E-state index in [9.17, 15) is 13.7 Å². The van der Waals surface area contributed by atoms with E-state index in [0.29, 0.717) is 19.6 Å². The second kappa shape index (κ2) is 5.51. The summed E-state index contributed by atoms with van der Waals surface area (Å²) in [4.78, 5) is 2.06. The Kier molecular flexibility index (Phi) is 4.00. The molecule has 0 amide bonds. The minimum atomic E-state index is -2.85. The summed E-state index contributed by atoms with van der Waals surface area (Å²) >= 11 is 0. The average Bonchev–Trinajstić information content (AvgIpc) is 2.39. The number of sulfone groups is 1. The summed E-state index contributed by atoms with van der Waals surface area (Å²) < 4.78 is 22.7. The Hall–Kier alpha value is -1.38. The average molecular weight is 264 g/mol. The van der Waals surface area contributed by atoms with E-state index in [2.05, 4.69) is 11.0 Å². The molecule has 4 nitrogen and oxygen atoms in total. The van der Waals surface area contributed by atoms with Crippen molar-refractivity contribution in [3.8, 4) is 6.07 Å². The summed E-state index contributed by atoms with van der Waals surface area (Å²) in [5.74, 6) is 0.229. The van der Waals surface area contributed by atoms with Gasteiger partial charge in [-0.25, -0.2) is 8.42 Å². The molecule has 1 aliphatic heterocycles. The van der Waals surface area contributed by atoms with Crippen molar-refractivity contribution >= 4 is 9.84 Å². The molecule has 1 aliphatic rings. The van der Waals surface area contributed by atoms with Crippen molar-refractivity contribution in [2.75, 3.05) is 31.1 Å². The highest BCUT2D eigenvalue weighted by molar-refractivity contribution is 7.91. The van der Waals surface area contributed by atoms with Crippen LogP contribution in [0.5, 0.6) is 0 Å². The van der Waals surface area contributed by atoms with Gasteiger partial charge in [0, 0.05) is 19.6 Å². The fraction of sp³-hybridized carbons (Fsp3) is 0.462. The number of nitrogens with zero attached hydrogens (tertiary/aromatic N) is 2. The number of hydrogen-bond acceptors (Lipinski definition) is 4. The van der Waals surface area contributed by atoms with Crippen LogP contribution in [0.15, 0.2) is 30.3 Å². The van der Waals surface area contributed by atoms with Crippen LogP contribution in [-0.4, -0.2) is 44.5 Å². The van der Waals surface area contributed by atoms with E-state index < -0.39 is 9.84 Å². The van der Waals surface area contributed by atoms with Gasteiger partial charge in [-0.3, -0.25) is 4.90 Å². The molecule has 0 saturated carbocycles. The molecule has 1 aromatic carbocycles. The van der Waals surface area contributed by atoms with Crippen LogP contribution >= 0.6 is 0 Å². The van der Waals surface area contributed by atoms with Gasteiger partial charge in [0.15, 0.2) is 9.84 Å². The first-order chi connectivity index (χ1) is 8.61. The van der Waals surface area contributed by atoms with E-state index in [4.69, 9.17) is 0 Å². The van der Waals surface area contributed by atoms with Gasteiger partial charge in [-0.2, -0.15) is 5.26 Å². The van der Waals surface area contributed by atoms with Crippen LogP contribution in [0, 0.1) is 11.3 Å². The quantitative estimate of drug-likeness (QED) is 0.818. The van der Waals surface area contributed by atoms with Crippen LogP contribution in [-0.2, 0) is 9.84 Å². The van der Waals surface area contributed by atoms with Crippen molar-refractivity contribution < 1.29 is 8.42 Å². The zero-order valence-electron chi connectivity index (χ0n) is 10.1. The number of benzene rings is 1. The zero-order chi connectivity index (χ0) is 13.0. The van der Waals surface area contributed by atoms with Gasteiger partial charge in [-0.1, -0.05) is 30.3 Å². The predicted molar refractivity (Wildman–Crippen MR) is 69.9 cm³/mol. The van der Waals surface area contributed by atoms with Crippen molar-refractivity contribution in [3.63, 3.8) is 0 Å². The normalized spacial score (nSPS) is 21.1. The lowest BCUT2D eigenvalue weighted by Crippen LogP contribution is -2.42.